The fraction of sp³-hybridized carbons (Fsp3) is 0.286. The van der Waals surface area contributed by atoms with Crippen LogP contribution in [-0.2, 0) is 17.9 Å². The van der Waals surface area contributed by atoms with Gasteiger partial charge < -0.3 is 9.84 Å². The van der Waals surface area contributed by atoms with Crippen LogP contribution in [0.4, 0.5) is 0 Å². The van der Waals surface area contributed by atoms with Crippen LogP contribution in [0.2, 0.25) is 0 Å². The van der Waals surface area contributed by atoms with E-state index in [0.717, 1.165) is 5.56 Å². The van der Waals surface area contributed by atoms with Crippen LogP contribution in [0, 0.1) is 0 Å². The Morgan fingerprint density at radius 2 is 1.95 bits per heavy atom. The van der Waals surface area contributed by atoms with E-state index in [1.165, 1.54) is 10.8 Å². The molecular weight excluding hydrogens is 260 g/mol. The minimum atomic E-state index is -0.523. The van der Waals surface area contributed by atoms with Crippen LogP contribution in [-0.4, -0.2) is 27.9 Å². The first-order chi connectivity index (χ1) is 9.70. The molecule has 6 heteroatoms. The summed E-state index contributed by atoms with van der Waals surface area (Å²) >= 11 is 0. The molecule has 0 radical (unpaired) electrons. The van der Waals surface area contributed by atoms with Gasteiger partial charge in [-0.3, -0.25) is 14.3 Å². The summed E-state index contributed by atoms with van der Waals surface area (Å²) in [6.45, 7) is 0.0204. The van der Waals surface area contributed by atoms with Crippen molar-refractivity contribution in [2.24, 2.45) is 0 Å². The van der Waals surface area contributed by atoms with Gasteiger partial charge in [-0.1, -0.05) is 30.3 Å². The molecule has 0 saturated heterocycles. The van der Waals surface area contributed by atoms with Crippen LogP contribution in [0.5, 0.6) is 0 Å². The highest BCUT2D eigenvalue weighted by Gasteiger charge is 2.05. The average molecular weight is 276 g/mol. The van der Waals surface area contributed by atoms with Crippen LogP contribution in [0.3, 0.4) is 0 Å². The van der Waals surface area contributed by atoms with Crippen molar-refractivity contribution < 1.29 is 9.84 Å². The SMILES string of the molecule is O=c1[nH]c(=O)n(COCCO)cc1Cc1ccccc1. The fourth-order valence-corrected chi connectivity index (χ4v) is 1.82. The molecule has 0 atom stereocenters. The molecule has 2 rings (SSSR count). The van der Waals surface area contributed by atoms with Gasteiger partial charge in [0.05, 0.1) is 13.2 Å². The van der Waals surface area contributed by atoms with Crippen molar-refractivity contribution in [1.82, 2.24) is 9.55 Å². The molecule has 1 aromatic carbocycles. The largest absolute Gasteiger partial charge is 0.394 e. The van der Waals surface area contributed by atoms with Gasteiger partial charge in [0, 0.05) is 18.2 Å². The molecule has 0 aliphatic heterocycles. The molecule has 0 aliphatic rings. The van der Waals surface area contributed by atoms with E-state index in [-0.39, 0.29) is 19.9 Å². The highest BCUT2D eigenvalue weighted by molar-refractivity contribution is 5.22. The van der Waals surface area contributed by atoms with Gasteiger partial charge in [-0.25, -0.2) is 4.79 Å². The lowest BCUT2D eigenvalue weighted by molar-refractivity contribution is 0.0455. The number of H-pyrrole nitrogens is 1. The number of aromatic amines is 1. The van der Waals surface area contributed by atoms with Crippen molar-refractivity contribution >= 4 is 0 Å². The quantitative estimate of drug-likeness (QED) is 0.733. The van der Waals surface area contributed by atoms with Gasteiger partial charge in [-0.05, 0) is 5.56 Å². The number of aliphatic hydroxyl groups excluding tert-OH is 1. The fourth-order valence-electron chi connectivity index (χ4n) is 1.82. The molecule has 20 heavy (non-hydrogen) atoms. The van der Waals surface area contributed by atoms with E-state index in [1.54, 1.807) is 0 Å². The summed E-state index contributed by atoms with van der Waals surface area (Å²) in [6.07, 6.45) is 1.93. The standard InChI is InChI=1S/C14H16N2O4/c17-6-7-20-10-16-9-12(13(18)15-14(16)19)8-11-4-2-1-3-5-11/h1-5,9,17H,6-8,10H2,(H,15,18,19). The van der Waals surface area contributed by atoms with Gasteiger partial charge >= 0.3 is 5.69 Å². The van der Waals surface area contributed by atoms with Crippen LogP contribution in [0.15, 0.2) is 46.1 Å². The van der Waals surface area contributed by atoms with Crippen molar-refractivity contribution in [2.75, 3.05) is 13.2 Å². The number of benzene rings is 1. The number of hydrogen-bond donors (Lipinski definition) is 2. The van der Waals surface area contributed by atoms with Crippen LogP contribution in [0.1, 0.15) is 11.1 Å². The second kappa shape index (κ2) is 6.83. The Bertz CT molecular complexity index is 661. The number of ether oxygens (including phenoxy) is 1. The zero-order valence-corrected chi connectivity index (χ0v) is 10.9. The predicted molar refractivity (Wildman–Crippen MR) is 73.6 cm³/mol. The van der Waals surface area contributed by atoms with Gasteiger partial charge in [0.15, 0.2) is 0 Å². The number of aromatic nitrogens is 2. The highest BCUT2D eigenvalue weighted by Crippen LogP contribution is 2.04. The smallest absolute Gasteiger partial charge is 0.330 e. The monoisotopic (exact) mass is 276 g/mol. The summed E-state index contributed by atoms with van der Waals surface area (Å²) < 4.78 is 6.36. The van der Waals surface area contributed by atoms with Crippen molar-refractivity contribution in [2.45, 2.75) is 13.2 Å². The molecule has 1 heterocycles. The number of aliphatic hydroxyl groups is 1. The summed E-state index contributed by atoms with van der Waals surface area (Å²) in [6, 6.07) is 9.51. The Hall–Kier alpha value is -2.18. The van der Waals surface area contributed by atoms with Crippen molar-refractivity contribution in [1.29, 1.82) is 0 Å². The summed E-state index contributed by atoms with van der Waals surface area (Å²) in [7, 11) is 0. The molecule has 0 saturated carbocycles. The maximum absolute atomic E-state index is 11.8. The first-order valence-corrected chi connectivity index (χ1v) is 6.26. The maximum atomic E-state index is 11.8. The van der Waals surface area contributed by atoms with Gasteiger partial charge in [0.25, 0.3) is 5.56 Å². The topological polar surface area (TPSA) is 84.3 Å². The molecule has 0 unspecified atom stereocenters. The zero-order valence-electron chi connectivity index (χ0n) is 10.9. The molecule has 0 aliphatic carbocycles. The van der Waals surface area contributed by atoms with E-state index < -0.39 is 11.2 Å². The Kier molecular flexibility index (Phi) is 4.86. The maximum Gasteiger partial charge on any atom is 0.330 e. The highest BCUT2D eigenvalue weighted by atomic mass is 16.5. The lowest BCUT2D eigenvalue weighted by atomic mass is 10.1. The molecule has 106 valence electrons. The van der Waals surface area contributed by atoms with Gasteiger partial charge in [0.1, 0.15) is 6.73 Å². The predicted octanol–water partition coefficient (Wildman–Crippen LogP) is 0.0938. The Morgan fingerprint density at radius 1 is 1.20 bits per heavy atom. The number of nitrogens with zero attached hydrogens (tertiary/aromatic N) is 1. The Morgan fingerprint density at radius 3 is 2.65 bits per heavy atom. The summed E-state index contributed by atoms with van der Waals surface area (Å²) in [5.74, 6) is 0. The molecule has 0 fully saturated rings. The van der Waals surface area contributed by atoms with E-state index in [1.807, 2.05) is 30.3 Å². The molecule has 0 amide bonds. The molecule has 0 spiro atoms. The van der Waals surface area contributed by atoms with E-state index in [0.29, 0.717) is 12.0 Å². The van der Waals surface area contributed by atoms with Gasteiger partial charge in [0.2, 0.25) is 0 Å². The minimum Gasteiger partial charge on any atom is -0.394 e. The first-order valence-electron chi connectivity index (χ1n) is 6.26. The lowest BCUT2D eigenvalue weighted by Crippen LogP contribution is -2.32. The van der Waals surface area contributed by atoms with E-state index in [4.69, 9.17) is 9.84 Å². The van der Waals surface area contributed by atoms with Crippen molar-refractivity contribution in [3.8, 4) is 0 Å². The average Bonchev–Trinajstić information content (AvgIpc) is 2.45. The minimum absolute atomic E-state index is 0.00202. The van der Waals surface area contributed by atoms with Crippen LogP contribution < -0.4 is 11.2 Å². The number of hydrogen-bond acceptors (Lipinski definition) is 4. The zero-order chi connectivity index (χ0) is 14.4. The Balaban J connectivity index is 2.22. The molecule has 2 N–H and O–H groups in total. The molecule has 1 aromatic heterocycles. The number of rotatable bonds is 6. The Labute approximate surface area is 115 Å². The van der Waals surface area contributed by atoms with E-state index in [2.05, 4.69) is 4.98 Å². The van der Waals surface area contributed by atoms with Crippen molar-refractivity contribution in [3.05, 3.63) is 68.5 Å². The second-order valence-electron chi connectivity index (χ2n) is 4.31. The summed E-state index contributed by atoms with van der Waals surface area (Å²) in [5, 5.41) is 8.64. The summed E-state index contributed by atoms with van der Waals surface area (Å²) in [5.41, 5.74) is 0.560. The third-order valence-electron chi connectivity index (χ3n) is 2.79. The van der Waals surface area contributed by atoms with Crippen molar-refractivity contribution in [3.63, 3.8) is 0 Å². The third kappa shape index (κ3) is 3.66. The van der Waals surface area contributed by atoms with Crippen LogP contribution in [0.25, 0.3) is 0 Å². The molecular formula is C14H16N2O4. The number of nitrogens with one attached hydrogen (secondary N) is 1. The van der Waals surface area contributed by atoms with E-state index >= 15 is 0 Å². The molecule has 6 nitrogen and oxygen atoms in total. The lowest BCUT2D eigenvalue weighted by Gasteiger charge is -2.08. The van der Waals surface area contributed by atoms with Gasteiger partial charge in [-0.2, -0.15) is 0 Å². The summed E-state index contributed by atoms with van der Waals surface area (Å²) in [4.78, 5) is 25.6. The molecule has 0 bridgehead atoms. The van der Waals surface area contributed by atoms with Crippen LogP contribution >= 0.6 is 0 Å². The second-order valence-corrected chi connectivity index (χ2v) is 4.31. The van der Waals surface area contributed by atoms with Gasteiger partial charge in [-0.15, -0.1) is 0 Å². The third-order valence-corrected chi connectivity index (χ3v) is 2.79. The molecule has 2 aromatic rings. The first kappa shape index (κ1) is 14.2. The van der Waals surface area contributed by atoms with E-state index in [9.17, 15) is 9.59 Å². The normalized spacial score (nSPS) is 10.7.